The van der Waals surface area contributed by atoms with Crippen molar-refractivity contribution in [3.8, 4) is 0 Å². The van der Waals surface area contributed by atoms with Crippen molar-refractivity contribution in [2.75, 3.05) is 13.7 Å². The number of benzene rings is 1. The normalized spacial score (nSPS) is 13.7. The average molecular weight is 400 g/mol. The van der Waals surface area contributed by atoms with Crippen LogP contribution in [0, 0.1) is 0 Å². The Kier molecular flexibility index (Phi) is 4.79. The SMILES string of the molecule is COC[C@H](C)NS(=O)(=O)c1c(Br)cc2[nH]c(=O)oc2c1Cl. The first-order valence-corrected chi connectivity index (χ1v) is 8.43. The molecular weight excluding hydrogens is 388 g/mol. The van der Waals surface area contributed by atoms with Gasteiger partial charge in [0.05, 0.1) is 12.1 Å². The number of hydrogen-bond donors (Lipinski definition) is 2. The van der Waals surface area contributed by atoms with Crippen LogP contribution in [0.25, 0.3) is 11.1 Å². The Hall–Kier alpha value is -0.870. The van der Waals surface area contributed by atoms with E-state index in [1.165, 1.54) is 13.2 Å². The Labute approximate surface area is 133 Å². The van der Waals surface area contributed by atoms with Crippen molar-refractivity contribution >= 4 is 48.7 Å². The lowest BCUT2D eigenvalue weighted by Crippen LogP contribution is -2.35. The van der Waals surface area contributed by atoms with E-state index in [2.05, 4.69) is 25.6 Å². The van der Waals surface area contributed by atoms with Crippen molar-refractivity contribution in [2.24, 2.45) is 0 Å². The molecule has 0 bridgehead atoms. The fourth-order valence-electron chi connectivity index (χ4n) is 1.86. The molecule has 1 aromatic heterocycles. The second-order valence-electron chi connectivity index (χ2n) is 4.37. The van der Waals surface area contributed by atoms with E-state index in [4.69, 9.17) is 20.8 Å². The molecule has 0 aliphatic heterocycles. The van der Waals surface area contributed by atoms with Crippen molar-refractivity contribution < 1.29 is 17.6 Å². The van der Waals surface area contributed by atoms with E-state index in [1.54, 1.807) is 6.92 Å². The number of sulfonamides is 1. The first kappa shape index (κ1) is 16.5. The van der Waals surface area contributed by atoms with Crippen LogP contribution in [0.4, 0.5) is 0 Å². The van der Waals surface area contributed by atoms with Crippen molar-refractivity contribution in [1.82, 2.24) is 9.71 Å². The quantitative estimate of drug-likeness (QED) is 0.799. The first-order valence-electron chi connectivity index (χ1n) is 5.78. The second-order valence-corrected chi connectivity index (χ2v) is 7.25. The van der Waals surface area contributed by atoms with Gasteiger partial charge in [0.1, 0.15) is 9.92 Å². The van der Waals surface area contributed by atoms with Crippen LogP contribution in [0.5, 0.6) is 0 Å². The highest BCUT2D eigenvalue weighted by Crippen LogP contribution is 2.35. The zero-order valence-electron chi connectivity index (χ0n) is 11.1. The molecule has 2 aromatic rings. The van der Waals surface area contributed by atoms with Gasteiger partial charge in [-0.05, 0) is 28.9 Å². The topological polar surface area (TPSA) is 101 Å². The molecular formula is C11H12BrClN2O5S. The summed E-state index contributed by atoms with van der Waals surface area (Å²) >= 11 is 9.22. The molecule has 0 aliphatic rings. The number of ether oxygens (including phenoxy) is 1. The molecule has 10 heteroatoms. The summed E-state index contributed by atoms with van der Waals surface area (Å²) in [7, 11) is -2.44. The number of rotatable bonds is 5. The predicted octanol–water partition coefficient (Wildman–Crippen LogP) is 1.85. The lowest BCUT2D eigenvalue weighted by molar-refractivity contribution is 0.180. The molecule has 0 saturated heterocycles. The minimum atomic E-state index is -3.91. The van der Waals surface area contributed by atoms with Crippen LogP contribution < -0.4 is 10.5 Å². The smallest absolute Gasteiger partial charge is 0.406 e. The van der Waals surface area contributed by atoms with Gasteiger partial charge in [-0.25, -0.2) is 17.9 Å². The number of aromatic nitrogens is 1. The first-order chi connectivity index (χ1) is 9.76. The van der Waals surface area contributed by atoms with Gasteiger partial charge in [-0.1, -0.05) is 11.6 Å². The zero-order chi connectivity index (χ0) is 15.8. The second kappa shape index (κ2) is 6.09. The minimum Gasteiger partial charge on any atom is -0.406 e. The summed E-state index contributed by atoms with van der Waals surface area (Å²) in [6, 6.07) is 0.971. The number of methoxy groups -OCH3 is 1. The fourth-order valence-corrected chi connectivity index (χ4v) is 4.95. The van der Waals surface area contributed by atoms with E-state index in [-0.39, 0.29) is 26.6 Å². The fraction of sp³-hybridized carbons (Fsp3) is 0.364. The number of fused-ring (bicyclic) bond motifs is 1. The highest BCUT2D eigenvalue weighted by atomic mass is 79.9. The van der Waals surface area contributed by atoms with Crippen LogP contribution in [0.1, 0.15) is 6.92 Å². The van der Waals surface area contributed by atoms with Crippen molar-refractivity contribution in [3.05, 3.63) is 26.1 Å². The molecule has 0 saturated carbocycles. The van der Waals surface area contributed by atoms with E-state index < -0.39 is 21.8 Å². The molecule has 21 heavy (non-hydrogen) atoms. The summed E-state index contributed by atoms with van der Waals surface area (Å²) in [6.45, 7) is 1.85. The van der Waals surface area contributed by atoms with Crippen LogP contribution in [0.3, 0.4) is 0 Å². The Morgan fingerprint density at radius 1 is 1.57 bits per heavy atom. The van der Waals surface area contributed by atoms with Crippen molar-refractivity contribution in [2.45, 2.75) is 17.9 Å². The summed E-state index contributed by atoms with van der Waals surface area (Å²) in [6.07, 6.45) is 0. The van der Waals surface area contributed by atoms with E-state index in [9.17, 15) is 13.2 Å². The standard InChI is InChI=1S/C11H12BrClN2O5S/c1-5(4-19-2)15-21(17,18)10-6(12)3-7-9(8(10)13)20-11(16)14-7/h3,5,15H,4H2,1-2H3,(H,14,16)/t5-/m0/s1. The number of hydrogen-bond acceptors (Lipinski definition) is 5. The summed E-state index contributed by atoms with van der Waals surface area (Å²) in [5.41, 5.74) is 0.297. The Bertz CT molecular complexity index is 829. The van der Waals surface area contributed by atoms with Crippen molar-refractivity contribution in [1.29, 1.82) is 0 Å². The third-order valence-corrected chi connectivity index (χ3v) is 5.64. The van der Waals surface area contributed by atoms with Gasteiger partial charge >= 0.3 is 5.76 Å². The molecule has 0 radical (unpaired) electrons. The molecule has 0 spiro atoms. The number of halogens is 2. The van der Waals surface area contributed by atoms with Crippen LogP contribution in [-0.2, 0) is 14.8 Å². The Morgan fingerprint density at radius 2 is 2.24 bits per heavy atom. The van der Waals surface area contributed by atoms with Gasteiger partial charge < -0.3 is 9.15 Å². The van der Waals surface area contributed by atoms with Crippen LogP contribution in [0.15, 0.2) is 24.6 Å². The molecule has 2 N–H and O–H groups in total. The summed E-state index contributed by atoms with van der Waals surface area (Å²) in [5, 5.41) is -0.171. The molecule has 0 unspecified atom stereocenters. The molecule has 1 atom stereocenters. The van der Waals surface area contributed by atoms with Gasteiger partial charge in [-0.2, -0.15) is 0 Å². The highest BCUT2D eigenvalue weighted by Gasteiger charge is 2.26. The van der Waals surface area contributed by atoms with Crippen LogP contribution in [-0.4, -0.2) is 33.2 Å². The van der Waals surface area contributed by atoms with E-state index in [0.29, 0.717) is 5.52 Å². The van der Waals surface area contributed by atoms with Crippen molar-refractivity contribution in [3.63, 3.8) is 0 Å². The zero-order valence-corrected chi connectivity index (χ0v) is 14.2. The van der Waals surface area contributed by atoms with E-state index >= 15 is 0 Å². The molecule has 0 amide bonds. The van der Waals surface area contributed by atoms with E-state index in [1.807, 2.05) is 0 Å². The maximum atomic E-state index is 12.4. The predicted molar refractivity (Wildman–Crippen MR) is 81.2 cm³/mol. The number of aromatic amines is 1. The number of nitrogens with one attached hydrogen (secondary N) is 2. The average Bonchev–Trinajstić information content (AvgIpc) is 2.68. The molecule has 0 fully saturated rings. The van der Waals surface area contributed by atoms with Gasteiger partial charge in [-0.3, -0.25) is 4.98 Å². The molecule has 1 aromatic carbocycles. The lowest BCUT2D eigenvalue weighted by Gasteiger charge is -2.15. The Balaban J connectivity index is 2.57. The molecule has 7 nitrogen and oxygen atoms in total. The maximum Gasteiger partial charge on any atom is 0.417 e. The minimum absolute atomic E-state index is 0.00960. The monoisotopic (exact) mass is 398 g/mol. The largest absolute Gasteiger partial charge is 0.417 e. The van der Waals surface area contributed by atoms with Gasteiger partial charge in [0.15, 0.2) is 5.58 Å². The third kappa shape index (κ3) is 3.32. The van der Waals surface area contributed by atoms with Crippen LogP contribution >= 0.6 is 27.5 Å². The molecule has 116 valence electrons. The molecule has 2 rings (SSSR count). The molecule has 0 aliphatic carbocycles. The lowest BCUT2D eigenvalue weighted by atomic mass is 10.3. The number of oxazole rings is 1. The van der Waals surface area contributed by atoms with Gasteiger partial charge in [-0.15, -0.1) is 0 Å². The Morgan fingerprint density at radius 3 is 2.86 bits per heavy atom. The molecule has 1 heterocycles. The number of H-pyrrole nitrogens is 1. The van der Waals surface area contributed by atoms with Gasteiger partial charge in [0, 0.05) is 17.6 Å². The van der Waals surface area contributed by atoms with Gasteiger partial charge in [0.25, 0.3) is 0 Å². The van der Waals surface area contributed by atoms with E-state index in [0.717, 1.165) is 0 Å². The summed E-state index contributed by atoms with van der Waals surface area (Å²) in [5.74, 6) is -0.714. The summed E-state index contributed by atoms with van der Waals surface area (Å²) < 4.78 is 37.2. The summed E-state index contributed by atoms with van der Waals surface area (Å²) in [4.78, 5) is 13.4. The third-order valence-electron chi connectivity index (χ3n) is 2.60. The highest BCUT2D eigenvalue weighted by molar-refractivity contribution is 9.10. The van der Waals surface area contributed by atoms with Gasteiger partial charge in [0.2, 0.25) is 10.0 Å². The maximum absolute atomic E-state index is 12.4. The van der Waals surface area contributed by atoms with Crippen LogP contribution in [0.2, 0.25) is 5.02 Å².